The lowest BCUT2D eigenvalue weighted by atomic mass is 9.92. The number of hydrogen-bond donors (Lipinski definition) is 0. The lowest BCUT2D eigenvalue weighted by Gasteiger charge is -2.31. The molecule has 1 saturated heterocycles. The third-order valence-electron chi connectivity index (χ3n) is 4.55. The Balaban J connectivity index is 1.73. The number of nitrogens with zero attached hydrogens (tertiary/aromatic N) is 1. The van der Waals surface area contributed by atoms with E-state index in [1.807, 2.05) is 13.8 Å². The van der Waals surface area contributed by atoms with Crippen molar-refractivity contribution in [2.75, 3.05) is 19.7 Å². The minimum absolute atomic E-state index is 0.359. The molecule has 1 aliphatic heterocycles. The van der Waals surface area contributed by atoms with Gasteiger partial charge in [0.05, 0.1) is 11.5 Å². The van der Waals surface area contributed by atoms with Gasteiger partial charge in [-0.2, -0.15) is 15.6 Å². The Morgan fingerprint density at radius 3 is 2.58 bits per heavy atom. The van der Waals surface area contributed by atoms with Gasteiger partial charge in [0.15, 0.2) is 0 Å². The summed E-state index contributed by atoms with van der Waals surface area (Å²) in [6.07, 6.45) is 1.76. The van der Waals surface area contributed by atoms with Crippen molar-refractivity contribution in [3.63, 3.8) is 0 Å². The van der Waals surface area contributed by atoms with E-state index in [4.69, 9.17) is 4.74 Å². The summed E-state index contributed by atoms with van der Waals surface area (Å²) in [7, 11) is -3.43. The van der Waals surface area contributed by atoms with E-state index >= 15 is 0 Å². The molecule has 1 fully saturated rings. The number of sulfonamides is 1. The van der Waals surface area contributed by atoms with Gasteiger partial charge in [-0.1, -0.05) is 0 Å². The van der Waals surface area contributed by atoms with Gasteiger partial charge in [-0.25, -0.2) is 8.42 Å². The van der Waals surface area contributed by atoms with E-state index in [1.165, 1.54) is 5.56 Å². The van der Waals surface area contributed by atoms with Gasteiger partial charge < -0.3 is 4.74 Å². The number of rotatable bonds is 5. The zero-order valence-corrected chi connectivity index (χ0v) is 15.7. The van der Waals surface area contributed by atoms with Crippen molar-refractivity contribution >= 4 is 21.4 Å². The Kier molecular flexibility index (Phi) is 5.27. The Morgan fingerprint density at radius 1 is 1.25 bits per heavy atom. The number of thiophene rings is 1. The van der Waals surface area contributed by atoms with Gasteiger partial charge in [0, 0.05) is 13.1 Å². The molecule has 24 heavy (non-hydrogen) atoms. The molecule has 130 valence electrons. The average molecular weight is 366 g/mol. The molecule has 0 N–H and O–H groups in total. The largest absolute Gasteiger partial charge is 0.494 e. The Bertz CT molecular complexity index is 777. The van der Waals surface area contributed by atoms with E-state index in [9.17, 15) is 8.42 Å². The molecule has 0 saturated carbocycles. The highest BCUT2D eigenvalue weighted by atomic mass is 32.2. The first kappa shape index (κ1) is 17.5. The summed E-state index contributed by atoms with van der Waals surface area (Å²) < 4.78 is 32.9. The molecule has 6 heteroatoms. The van der Waals surface area contributed by atoms with Crippen LogP contribution < -0.4 is 4.74 Å². The van der Waals surface area contributed by atoms with Crippen LogP contribution in [-0.2, 0) is 10.0 Å². The maximum Gasteiger partial charge on any atom is 0.243 e. The highest BCUT2D eigenvalue weighted by Gasteiger charge is 2.30. The highest BCUT2D eigenvalue weighted by Crippen LogP contribution is 2.32. The van der Waals surface area contributed by atoms with Crippen LogP contribution in [0.1, 0.15) is 36.8 Å². The fourth-order valence-corrected chi connectivity index (χ4v) is 5.48. The second-order valence-electron chi connectivity index (χ2n) is 6.10. The van der Waals surface area contributed by atoms with E-state index in [0.29, 0.717) is 30.5 Å². The van der Waals surface area contributed by atoms with Crippen molar-refractivity contribution in [2.45, 2.75) is 37.5 Å². The van der Waals surface area contributed by atoms with Crippen LogP contribution in [-0.4, -0.2) is 32.4 Å². The maximum atomic E-state index is 12.9. The summed E-state index contributed by atoms with van der Waals surface area (Å²) in [5, 5.41) is 4.26. The second kappa shape index (κ2) is 7.25. The van der Waals surface area contributed by atoms with E-state index in [2.05, 4.69) is 16.8 Å². The van der Waals surface area contributed by atoms with Gasteiger partial charge in [-0.15, -0.1) is 0 Å². The number of hydrogen-bond acceptors (Lipinski definition) is 4. The van der Waals surface area contributed by atoms with Gasteiger partial charge in [0.2, 0.25) is 10.0 Å². The quantitative estimate of drug-likeness (QED) is 0.804. The minimum atomic E-state index is -3.43. The molecule has 1 aliphatic rings. The van der Waals surface area contributed by atoms with E-state index in [0.717, 1.165) is 24.2 Å². The molecule has 1 aromatic carbocycles. The highest BCUT2D eigenvalue weighted by molar-refractivity contribution is 7.89. The van der Waals surface area contributed by atoms with Crippen LogP contribution >= 0.6 is 11.3 Å². The SMILES string of the molecule is CCOc1ccc(S(=O)(=O)N2CCC(c3ccsc3)CC2)cc1C. The third-order valence-corrected chi connectivity index (χ3v) is 7.15. The lowest BCUT2D eigenvalue weighted by molar-refractivity contribution is 0.319. The molecule has 0 aliphatic carbocycles. The zero-order chi connectivity index (χ0) is 17.2. The van der Waals surface area contributed by atoms with E-state index < -0.39 is 10.0 Å². The standard InChI is InChI=1S/C18H23NO3S2/c1-3-22-18-5-4-17(12-14(18)2)24(20,21)19-9-6-15(7-10-19)16-8-11-23-13-16/h4-5,8,11-13,15H,3,6-7,9-10H2,1-2H3. The van der Waals surface area contributed by atoms with Crippen LogP contribution in [0.2, 0.25) is 0 Å². The molecule has 0 unspecified atom stereocenters. The number of benzene rings is 1. The summed E-state index contributed by atoms with van der Waals surface area (Å²) in [4.78, 5) is 0.359. The fraction of sp³-hybridized carbons (Fsp3) is 0.444. The Labute approximate surface area is 148 Å². The monoisotopic (exact) mass is 365 g/mol. The van der Waals surface area contributed by atoms with E-state index in [-0.39, 0.29) is 0 Å². The average Bonchev–Trinajstić information content (AvgIpc) is 3.11. The van der Waals surface area contributed by atoms with Crippen molar-refractivity contribution < 1.29 is 13.2 Å². The van der Waals surface area contributed by atoms with Crippen LogP contribution in [0, 0.1) is 6.92 Å². The summed E-state index contributed by atoms with van der Waals surface area (Å²) in [5.41, 5.74) is 2.19. The molecule has 0 bridgehead atoms. The van der Waals surface area contributed by atoms with Gasteiger partial charge in [0.25, 0.3) is 0 Å². The van der Waals surface area contributed by atoms with Crippen LogP contribution in [0.15, 0.2) is 39.9 Å². The number of aryl methyl sites for hydroxylation is 1. The van der Waals surface area contributed by atoms with Gasteiger partial charge in [-0.05, 0) is 78.8 Å². The van der Waals surface area contributed by atoms with Crippen molar-refractivity contribution in [1.82, 2.24) is 4.31 Å². The first-order chi connectivity index (χ1) is 11.5. The first-order valence-corrected chi connectivity index (χ1v) is 10.7. The molecule has 4 nitrogen and oxygen atoms in total. The molecular formula is C18H23NO3S2. The molecule has 1 aromatic heterocycles. The van der Waals surface area contributed by atoms with Crippen molar-refractivity contribution in [2.24, 2.45) is 0 Å². The Morgan fingerprint density at radius 2 is 2.00 bits per heavy atom. The topological polar surface area (TPSA) is 46.6 Å². The van der Waals surface area contributed by atoms with Crippen LogP contribution in [0.25, 0.3) is 0 Å². The number of ether oxygens (including phenoxy) is 1. The predicted molar refractivity (Wildman–Crippen MR) is 97.4 cm³/mol. The minimum Gasteiger partial charge on any atom is -0.494 e. The second-order valence-corrected chi connectivity index (χ2v) is 8.81. The lowest BCUT2D eigenvalue weighted by Crippen LogP contribution is -2.37. The molecule has 0 spiro atoms. The molecular weight excluding hydrogens is 342 g/mol. The smallest absolute Gasteiger partial charge is 0.243 e. The van der Waals surface area contributed by atoms with Crippen LogP contribution in [0.3, 0.4) is 0 Å². The number of piperidine rings is 1. The van der Waals surface area contributed by atoms with Crippen molar-refractivity contribution in [1.29, 1.82) is 0 Å². The molecule has 0 radical (unpaired) electrons. The molecule has 2 aromatic rings. The Hall–Kier alpha value is -1.37. The van der Waals surface area contributed by atoms with Crippen molar-refractivity contribution in [3.05, 3.63) is 46.2 Å². The molecule has 0 atom stereocenters. The zero-order valence-electron chi connectivity index (χ0n) is 14.1. The van der Waals surface area contributed by atoms with Crippen LogP contribution in [0.4, 0.5) is 0 Å². The molecule has 2 heterocycles. The summed E-state index contributed by atoms with van der Waals surface area (Å²) in [6.45, 7) is 5.53. The molecule has 3 rings (SSSR count). The van der Waals surface area contributed by atoms with E-state index in [1.54, 1.807) is 33.8 Å². The first-order valence-electron chi connectivity index (χ1n) is 8.28. The van der Waals surface area contributed by atoms with Crippen molar-refractivity contribution in [3.8, 4) is 5.75 Å². The molecule has 0 amide bonds. The third kappa shape index (κ3) is 3.50. The van der Waals surface area contributed by atoms with Crippen LogP contribution in [0.5, 0.6) is 5.75 Å². The fourth-order valence-electron chi connectivity index (χ4n) is 3.19. The summed E-state index contributed by atoms with van der Waals surface area (Å²) in [6, 6.07) is 7.27. The normalized spacial score (nSPS) is 17.1. The predicted octanol–water partition coefficient (Wildman–Crippen LogP) is 4.02. The maximum absolute atomic E-state index is 12.9. The summed E-state index contributed by atoms with van der Waals surface area (Å²) >= 11 is 1.70. The van der Waals surface area contributed by atoms with Gasteiger partial charge >= 0.3 is 0 Å². The van der Waals surface area contributed by atoms with Gasteiger partial charge in [0.1, 0.15) is 5.75 Å². The van der Waals surface area contributed by atoms with Gasteiger partial charge in [-0.3, -0.25) is 0 Å². The summed E-state index contributed by atoms with van der Waals surface area (Å²) in [5.74, 6) is 1.22.